The van der Waals surface area contributed by atoms with E-state index in [1.165, 1.54) is 25.3 Å². The Morgan fingerprint density at radius 3 is 2.50 bits per heavy atom. The van der Waals surface area contributed by atoms with Crippen molar-refractivity contribution in [2.24, 2.45) is 0 Å². The molecule has 2 aromatic carbocycles. The highest BCUT2D eigenvalue weighted by Gasteiger charge is 2.36. The summed E-state index contributed by atoms with van der Waals surface area (Å²) in [5, 5.41) is 3.87. The van der Waals surface area contributed by atoms with Crippen molar-refractivity contribution in [1.82, 2.24) is 14.8 Å². The summed E-state index contributed by atoms with van der Waals surface area (Å²) in [5.41, 5.74) is 3.98. The Balaban J connectivity index is 1.13. The van der Waals surface area contributed by atoms with Gasteiger partial charge in [0.25, 0.3) is 0 Å². The van der Waals surface area contributed by atoms with E-state index in [2.05, 4.69) is 74.5 Å². The first-order chi connectivity index (χ1) is 19.6. The molecule has 0 radical (unpaired) electrons. The molecule has 3 saturated heterocycles. The number of aromatic nitrogens is 1. The molecule has 1 unspecified atom stereocenters. The standard InChI is InChI=1S/C30H35N5O3S2/c1-33-18-24(25(19-33)35-9-13-38-14-10-35)31-20-5-6-26-28(15-20)39-27-4-2-3-22(30(27)40-26)23-16-21(17-29(36)32-23)34-7-11-37-12-8-34/h2-6,15-17,24-25,31H,7-14,18-19H2,1H3,(H,32,36)/t24-,25?/m1/s1. The van der Waals surface area contributed by atoms with Crippen LogP contribution in [0.1, 0.15) is 0 Å². The largest absolute Gasteiger partial charge is 0.379 e. The number of H-pyrrole nitrogens is 1. The first-order valence-electron chi connectivity index (χ1n) is 14.1. The van der Waals surface area contributed by atoms with Crippen molar-refractivity contribution < 1.29 is 9.47 Å². The molecule has 3 aromatic rings. The Morgan fingerprint density at radius 1 is 0.875 bits per heavy atom. The van der Waals surface area contributed by atoms with E-state index in [0.717, 1.165) is 69.4 Å². The normalized spacial score (nSPS) is 23.6. The third-order valence-electron chi connectivity index (χ3n) is 8.19. The molecule has 0 spiro atoms. The second-order valence-corrected chi connectivity index (χ2v) is 13.0. The average molecular weight is 578 g/mol. The molecule has 4 aliphatic heterocycles. The Hall–Kier alpha value is -2.47. The summed E-state index contributed by atoms with van der Waals surface area (Å²) in [5.74, 6) is 0. The van der Waals surface area contributed by atoms with Crippen molar-refractivity contribution in [1.29, 1.82) is 0 Å². The number of pyridine rings is 1. The monoisotopic (exact) mass is 577 g/mol. The van der Waals surface area contributed by atoms with Crippen LogP contribution in [0.3, 0.4) is 0 Å². The van der Waals surface area contributed by atoms with Crippen LogP contribution in [0, 0.1) is 0 Å². The van der Waals surface area contributed by atoms with Crippen LogP contribution < -0.4 is 15.8 Å². The molecule has 3 fully saturated rings. The zero-order valence-corrected chi connectivity index (χ0v) is 24.4. The number of likely N-dealkylation sites (N-methyl/N-ethyl adjacent to an activating group) is 1. The van der Waals surface area contributed by atoms with Gasteiger partial charge in [0.1, 0.15) is 0 Å². The van der Waals surface area contributed by atoms with Gasteiger partial charge in [0, 0.05) is 87.9 Å². The number of likely N-dealkylation sites (tertiary alicyclic amines) is 1. The fourth-order valence-electron chi connectivity index (χ4n) is 6.20. The lowest BCUT2D eigenvalue weighted by molar-refractivity contribution is 0.0174. The summed E-state index contributed by atoms with van der Waals surface area (Å²) in [7, 11) is 2.22. The van der Waals surface area contributed by atoms with Crippen LogP contribution in [0.15, 0.2) is 72.9 Å². The van der Waals surface area contributed by atoms with E-state index >= 15 is 0 Å². The molecule has 4 aliphatic rings. The van der Waals surface area contributed by atoms with Gasteiger partial charge >= 0.3 is 0 Å². The second kappa shape index (κ2) is 11.4. The van der Waals surface area contributed by atoms with Crippen LogP contribution in [-0.2, 0) is 9.47 Å². The molecule has 8 nitrogen and oxygen atoms in total. The van der Waals surface area contributed by atoms with Crippen molar-refractivity contribution >= 4 is 34.9 Å². The Morgan fingerprint density at radius 2 is 1.68 bits per heavy atom. The number of aromatic amines is 1. The lowest BCUT2D eigenvalue weighted by Crippen LogP contribution is -2.50. The lowest BCUT2D eigenvalue weighted by Gasteiger charge is -2.35. The summed E-state index contributed by atoms with van der Waals surface area (Å²) in [4.78, 5) is 27.9. The topological polar surface area (TPSA) is 73.1 Å². The van der Waals surface area contributed by atoms with Crippen molar-refractivity contribution in [3.05, 3.63) is 58.9 Å². The Bertz CT molecular complexity index is 1440. The number of rotatable bonds is 5. The highest BCUT2D eigenvalue weighted by Crippen LogP contribution is 2.52. The van der Waals surface area contributed by atoms with Gasteiger partial charge in [0.2, 0.25) is 5.56 Å². The molecule has 1 aromatic heterocycles. The molecular formula is C30H35N5O3S2. The van der Waals surface area contributed by atoms with Gasteiger partial charge in [-0.3, -0.25) is 9.69 Å². The van der Waals surface area contributed by atoms with E-state index in [1.54, 1.807) is 17.8 Å². The summed E-state index contributed by atoms with van der Waals surface area (Å²) in [6.07, 6.45) is 0. The number of hydrogen-bond donors (Lipinski definition) is 2. The van der Waals surface area contributed by atoms with Gasteiger partial charge in [0.15, 0.2) is 0 Å². The van der Waals surface area contributed by atoms with Crippen molar-refractivity contribution in [2.75, 3.05) is 83.0 Å². The second-order valence-electron chi connectivity index (χ2n) is 10.9. The zero-order chi connectivity index (χ0) is 27.1. The fraction of sp³-hybridized carbons (Fsp3) is 0.433. The number of nitrogens with zero attached hydrogens (tertiary/aromatic N) is 3. The third kappa shape index (κ3) is 5.41. The highest BCUT2D eigenvalue weighted by atomic mass is 32.2. The quantitative estimate of drug-likeness (QED) is 0.367. The highest BCUT2D eigenvalue weighted by molar-refractivity contribution is 8.05. The molecule has 5 heterocycles. The van der Waals surface area contributed by atoms with Crippen molar-refractivity contribution in [3.63, 3.8) is 0 Å². The van der Waals surface area contributed by atoms with Gasteiger partial charge < -0.3 is 29.6 Å². The number of fused-ring (bicyclic) bond motifs is 2. The SMILES string of the molecule is CN1CC(N2CCOCC2)[C@H](Nc2ccc3c(c2)Sc2cccc(-c4cc(N5CCOCC5)cc(=O)[nH]4)c2S3)C1. The molecule has 0 bridgehead atoms. The Kier molecular flexibility index (Phi) is 7.55. The van der Waals surface area contributed by atoms with Crippen LogP contribution in [0.2, 0.25) is 0 Å². The number of nitrogens with one attached hydrogen (secondary N) is 2. The molecule has 2 N–H and O–H groups in total. The van der Waals surface area contributed by atoms with Crippen LogP contribution in [0.4, 0.5) is 11.4 Å². The molecule has 0 saturated carbocycles. The Labute approximate surface area is 243 Å². The van der Waals surface area contributed by atoms with Gasteiger partial charge in [-0.2, -0.15) is 0 Å². The van der Waals surface area contributed by atoms with Crippen molar-refractivity contribution in [2.45, 2.75) is 31.7 Å². The first-order valence-corrected chi connectivity index (χ1v) is 15.7. The van der Waals surface area contributed by atoms with E-state index in [0.29, 0.717) is 25.3 Å². The lowest BCUT2D eigenvalue weighted by atomic mass is 10.1. The van der Waals surface area contributed by atoms with Gasteiger partial charge in [0.05, 0.1) is 38.2 Å². The van der Waals surface area contributed by atoms with Crippen LogP contribution in [0.5, 0.6) is 0 Å². The maximum absolute atomic E-state index is 12.7. The minimum atomic E-state index is -0.0749. The van der Waals surface area contributed by atoms with Gasteiger partial charge in [-0.15, -0.1) is 0 Å². The number of hydrogen-bond acceptors (Lipinski definition) is 9. The summed E-state index contributed by atoms with van der Waals surface area (Å²) in [6.45, 7) is 8.76. The summed E-state index contributed by atoms with van der Waals surface area (Å²) >= 11 is 3.60. The maximum Gasteiger partial charge on any atom is 0.250 e. The number of anilines is 2. The predicted octanol–water partition coefficient (Wildman–Crippen LogP) is 3.92. The number of morpholine rings is 2. The number of ether oxygens (including phenoxy) is 2. The number of benzene rings is 2. The van der Waals surface area contributed by atoms with Crippen LogP contribution in [-0.4, -0.2) is 99.6 Å². The average Bonchev–Trinajstić information content (AvgIpc) is 3.36. The molecule has 40 heavy (non-hydrogen) atoms. The van der Waals surface area contributed by atoms with Crippen molar-refractivity contribution in [3.8, 4) is 11.3 Å². The fourth-order valence-corrected chi connectivity index (χ4v) is 8.61. The van der Waals surface area contributed by atoms with Gasteiger partial charge in [-0.05, 0) is 37.4 Å². The minimum absolute atomic E-state index is 0.0749. The molecule has 10 heteroatoms. The van der Waals surface area contributed by atoms with E-state index in [4.69, 9.17) is 9.47 Å². The smallest absolute Gasteiger partial charge is 0.250 e. The summed E-state index contributed by atoms with van der Waals surface area (Å²) in [6, 6.07) is 17.8. The molecular weight excluding hydrogens is 542 g/mol. The minimum Gasteiger partial charge on any atom is -0.379 e. The van der Waals surface area contributed by atoms with Gasteiger partial charge in [-0.25, -0.2) is 0 Å². The van der Waals surface area contributed by atoms with Crippen LogP contribution >= 0.6 is 23.5 Å². The maximum atomic E-state index is 12.7. The molecule has 0 amide bonds. The van der Waals surface area contributed by atoms with E-state index in [9.17, 15) is 4.79 Å². The summed E-state index contributed by atoms with van der Waals surface area (Å²) < 4.78 is 11.1. The first kappa shape index (κ1) is 26.4. The van der Waals surface area contributed by atoms with Gasteiger partial charge in [-0.1, -0.05) is 35.7 Å². The van der Waals surface area contributed by atoms with Crippen LogP contribution in [0.25, 0.3) is 11.3 Å². The predicted molar refractivity (Wildman–Crippen MR) is 161 cm³/mol. The zero-order valence-electron chi connectivity index (χ0n) is 22.7. The van der Waals surface area contributed by atoms with E-state index < -0.39 is 0 Å². The molecule has 7 rings (SSSR count). The van der Waals surface area contributed by atoms with E-state index in [1.807, 2.05) is 11.8 Å². The molecule has 210 valence electrons. The molecule has 0 aliphatic carbocycles. The van der Waals surface area contributed by atoms with E-state index in [-0.39, 0.29) is 5.56 Å². The molecule has 2 atom stereocenters. The third-order valence-corrected chi connectivity index (χ3v) is 10.8.